The second-order valence-corrected chi connectivity index (χ2v) is 5.18. The van der Waals surface area contributed by atoms with Crippen LogP contribution in [-0.2, 0) is 5.41 Å². The van der Waals surface area contributed by atoms with Gasteiger partial charge in [-0.2, -0.15) is 13.2 Å². The first-order chi connectivity index (χ1) is 9.30. The summed E-state index contributed by atoms with van der Waals surface area (Å²) >= 11 is 0. The second kappa shape index (κ2) is 7.06. The number of halogens is 3. The fourth-order valence-corrected chi connectivity index (χ4v) is 2.22. The van der Waals surface area contributed by atoms with Crippen molar-refractivity contribution in [2.24, 2.45) is 5.73 Å². The Bertz CT molecular complexity index is 397. The first-order valence-corrected chi connectivity index (χ1v) is 6.46. The van der Waals surface area contributed by atoms with Gasteiger partial charge in [0.1, 0.15) is 0 Å². The molecule has 0 saturated carbocycles. The van der Waals surface area contributed by atoms with Crippen molar-refractivity contribution < 1.29 is 18.3 Å². The molecule has 0 amide bonds. The number of hydrogen-bond acceptors (Lipinski definition) is 3. The molecule has 0 radical (unpaired) electrons. The predicted octanol–water partition coefficient (Wildman–Crippen LogP) is 1.76. The molecule has 1 aromatic carbocycles. The Morgan fingerprint density at radius 3 is 2.20 bits per heavy atom. The second-order valence-electron chi connectivity index (χ2n) is 5.18. The van der Waals surface area contributed by atoms with Crippen LogP contribution in [0.25, 0.3) is 0 Å². The minimum atomic E-state index is -4.29. The van der Waals surface area contributed by atoms with Crippen molar-refractivity contribution >= 4 is 0 Å². The van der Waals surface area contributed by atoms with Gasteiger partial charge < -0.3 is 10.8 Å². The van der Waals surface area contributed by atoms with Gasteiger partial charge in [0.25, 0.3) is 0 Å². The molecule has 20 heavy (non-hydrogen) atoms. The predicted molar refractivity (Wildman–Crippen MR) is 72.4 cm³/mol. The number of rotatable bonds is 7. The molecular formula is C14H21F3N2O. The molecular weight excluding hydrogens is 269 g/mol. The summed E-state index contributed by atoms with van der Waals surface area (Å²) in [5, 5.41) is 8.93. The molecule has 0 aromatic heterocycles. The van der Waals surface area contributed by atoms with Gasteiger partial charge in [0.2, 0.25) is 0 Å². The minimum absolute atomic E-state index is 0.0259. The zero-order valence-corrected chi connectivity index (χ0v) is 11.5. The maximum Gasteiger partial charge on any atom is 0.401 e. The molecule has 6 heteroatoms. The van der Waals surface area contributed by atoms with Gasteiger partial charge in [-0.1, -0.05) is 37.3 Å². The largest absolute Gasteiger partial charge is 0.401 e. The third-order valence-electron chi connectivity index (χ3n) is 3.31. The van der Waals surface area contributed by atoms with Crippen LogP contribution in [0.1, 0.15) is 12.5 Å². The topological polar surface area (TPSA) is 49.5 Å². The van der Waals surface area contributed by atoms with Crippen LogP contribution in [0.2, 0.25) is 0 Å². The summed E-state index contributed by atoms with van der Waals surface area (Å²) in [4.78, 5) is 1.19. The number of nitrogens with two attached hydrogens (primary N) is 1. The van der Waals surface area contributed by atoms with E-state index in [0.717, 1.165) is 5.56 Å². The molecule has 0 aliphatic heterocycles. The summed E-state index contributed by atoms with van der Waals surface area (Å²) in [7, 11) is 0. The first kappa shape index (κ1) is 16.9. The van der Waals surface area contributed by atoms with E-state index in [2.05, 4.69) is 0 Å². The molecule has 0 fully saturated rings. The smallest absolute Gasteiger partial charge is 0.395 e. The van der Waals surface area contributed by atoms with Crippen LogP contribution in [0.4, 0.5) is 13.2 Å². The van der Waals surface area contributed by atoms with Crippen molar-refractivity contribution in [3.63, 3.8) is 0 Å². The SMILES string of the molecule is CC(CN)(CN(CCO)CC(F)(F)F)c1ccccc1. The van der Waals surface area contributed by atoms with Crippen LogP contribution in [0.15, 0.2) is 30.3 Å². The highest BCUT2D eigenvalue weighted by Gasteiger charge is 2.34. The lowest BCUT2D eigenvalue weighted by Crippen LogP contribution is -2.47. The van der Waals surface area contributed by atoms with E-state index in [1.165, 1.54) is 4.90 Å². The number of aliphatic hydroxyl groups is 1. The Morgan fingerprint density at radius 2 is 1.75 bits per heavy atom. The molecule has 0 aliphatic carbocycles. The van der Waals surface area contributed by atoms with Crippen molar-refractivity contribution in [2.75, 3.05) is 32.8 Å². The Kier molecular flexibility index (Phi) is 5.98. The summed E-state index contributed by atoms with van der Waals surface area (Å²) in [6.07, 6.45) is -4.29. The van der Waals surface area contributed by atoms with Crippen molar-refractivity contribution in [2.45, 2.75) is 18.5 Å². The van der Waals surface area contributed by atoms with Gasteiger partial charge in [-0.15, -0.1) is 0 Å². The molecule has 0 spiro atoms. The van der Waals surface area contributed by atoms with Crippen LogP contribution in [0.3, 0.4) is 0 Å². The fraction of sp³-hybridized carbons (Fsp3) is 0.571. The summed E-state index contributed by atoms with van der Waals surface area (Å²) in [5.41, 5.74) is 6.09. The Morgan fingerprint density at radius 1 is 1.15 bits per heavy atom. The van der Waals surface area contributed by atoms with Crippen LogP contribution in [0, 0.1) is 0 Å². The molecule has 3 N–H and O–H groups in total. The third-order valence-corrected chi connectivity index (χ3v) is 3.31. The number of nitrogens with zero attached hydrogens (tertiary/aromatic N) is 1. The van der Waals surface area contributed by atoms with Crippen molar-refractivity contribution in [3.05, 3.63) is 35.9 Å². The van der Waals surface area contributed by atoms with Gasteiger partial charge >= 0.3 is 6.18 Å². The monoisotopic (exact) mass is 290 g/mol. The van der Waals surface area contributed by atoms with E-state index in [1.807, 2.05) is 37.3 Å². The molecule has 1 atom stereocenters. The quantitative estimate of drug-likeness (QED) is 0.804. The Hall–Kier alpha value is -1.11. The van der Waals surface area contributed by atoms with E-state index < -0.39 is 18.1 Å². The highest BCUT2D eigenvalue weighted by Crippen LogP contribution is 2.25. The molecule has 1 rings (SSSR count). The lowest BCUT2D eigenvalue weighted by molar-refractivity contribution is -0.148. The van der Waals surface area contributed by atoms with E-state index >= 15 is 0 Å². The highest BCUT2D eigenvalue weighted by atomic mass is 19.4. The summed E-state index contributed by atoms with van der Waals surface area (Å²) in [6, 6.07) is 9.24. The molecule has 0 bridgehead atoms. The summed E-state index contributed by atoms with van der Waals surface area (Å²) < 4.78 is 37.7. The maximum atomic E-state index is 12.6. The normalized spacial score (nSPS) is 15.3. The number of aliphatic hydroxyl groups excluding tert-OH is 1. The summed E-state index contributed by atoms with van der Waals surface area (Å²) in [5.74, 6) is 0. The third kappa shape index (κ3) is 5.11. The number of hydrogen-bond donors (Lipinski definition) is 2. The molecule has 0 aliphatic rings. The van der Waals surface area contributed by atoms with E-state index in [-0.39, 0.29) is 26.2 Å². The molecule has 3 nitrogen and oxygen atoms in total. The van der Waals surface area contributed by atoms with Gasteiger partial charge in [0.05, 0.1) is 13.2 Å². The Balaban J connectivity index is 2.88. The van der Waals surface area contributed by atoms with E-state index in [1.54, 1.807) is 0 Å². The zero-order valence-electron chi connectivity index (χ0n) is 11.5. The lowest BCUT2D eigenvalue weighted by Gasteiger charge is -2.35. The van der Waals surface area contributed by atoms with Crippen LogP contribution < -0.4 is 5.73 Å². The van der Waals surface area contributed by atoms with Crippen molar-refractivity contribution in [1.29, 1.82) is 0 Å². The number of benzene rings is 1. The standard InChI is InChI=1S/C14H21F3N2O/c1-13(9-18,12-5-3-2-4-6-12)10-19(7-8-20)11-14(15,16)17/h2-6,20H,7-11,18H2,1H3. The average Bonchev–Trinajstić information content (AvgIpc) is 2.38. The molecule has 114 valence electrons. The van der Waals surface area contributed by atoms with Crippen molar-refractivity contribution in [1.82, 2.24) is 4.90 Å². The highest BCUT2D eigenvalue weighted by molar-refractivity contribution is 5.25. The van der Waals surface area contributed by atoms with Crippen LogP contribution in [-0.4, -0.2) is 49.0 Å². The zero-order chi connectivity index (χ0) is 15.2. The number of alkyl halides is 3. The first-order valence-electron chi connectivity index (χ1n) is 6.46. The van der Waals surface area contributed by atoms with Gasteiger partial charge in [-0.25, -0.2) is 0 Å². The van der Waals surface area contributed by atoms with E-state index in [9.17, 15) is 13.2 Å². The van der Waals surface area contributed by atoms with Gasteiger partial charge in [0, 0.05) is 25.0 Å². The minimum Gasteiger partial charge on any atom is -0.395 e. The maximum absolute atomic E-state index is 12.6. The van der Waals surface area contributed by atoms with E-state index in [4.69, 9.17) is 10.8 Å². The van der Waals surface area contributed by atoms with Crippen LogP contribution in [0.5, 0.6) is 0 Å². The van der Waals surface area contributed by atoms with Gasteiger partial charge in [0.15, 0.2) is 0 Å². The van der Waals surface area contributed by atoms with Gasteiger partial charge in [-0.3, -0.25) is 4.90 Å². The fourth-order valence-electron chi connectivity index (χ4n) is 2.22. The molecule has 0 saturated heterocycles. The lowest BCUT2D eigenvalue weighted by atomic mass is 9.82. The molecule has 0 heterocycles. The van der Waals surface area contributed by atoms with E-state index in [0.29, 0.717) is 0 Å². The average molecular weight is 290 g/mol. The van der Waals surface area contributed by atoms with Crippen molar-refractivity contribution in [3.8, 4) is 0 Å². The molecule has 1 aromatic rings. The summed E-state index contributed by atoms with van der Waals surface area (Å²) in [6.45, 7) is 0.830. The van der Waals surface area contributed by atoms with Gasteiger partial charge in [-0.05, 0) is 5.56 Å². The Labute approximate surface area is 117 Å². The molecule has 1 unspecified atom stereocenters. The van der Waals surface area contributed by atoms with Crippen LogP contribution >= 0.6 is 0 Å².